The van der Waals surface area contributed by atoms with Crippen molar-refractivity contribution in [3.8, 4) is 0 Å². The Bertz CT molecular complexity index is 337. The van der Waals surface area contributed by atoms with E-state index >= 15 is 0 Å². The van der Waals surface area contributed by atoms with Crippen LogP contribution in [0.25, 0.3) is 0 Å². The highest BCUT2D eigenvalue weighted by atomic mass is 35.5. The Kier molecular flexibility index (Phi) is 3.65. The minimum atomic E-state index is -0.849. The predicted molar refractivity (Wildman–Crippen MR) is 54.2 cm³/mol. The second-order valence-corrected chi connectivity index (χ2v) is 3.24. The Hall–Kier alpha value is -1.35. The minimum Gasteiger partial charge on any atom is -0.282 e. The lowest BCUT2D eigenvalue weighted by atomic mass is 10.0. The molecule has 0 aliphatic heterocycles. The van der Waals surface area contributed by atoms with Crippen LogP contribution >= 0.6 is 11.6 Å². The second kappa shape index (κ2) is 4.77. The molecule has 1 unspecified atom stereocenters. The van der Waals surface area contributed by atoms with Crippen molar-refractivity contribution in [2.45, 2.75) is 12.8 Å². The molecule has 0 radical (unpaired) electrons. The molecule has 2 amide bonds. The van der Waals surface area contributed by atoms with Gasteiger partial charge in [0.15, 0.2) is 0 Å². The lowest BCUT2D eigenvalue weighted by Gasteiger charge is -2.09. The Labute approximate surface area is 87.1 Å². The van der Waals surface area contributed by atoms with Gasteiger partial charge >= 0.3 is 5.37 Å². The molecule has 0 spiro atoms. The number of imide groups is 1. The molecule has 0 heterocycles. The fourth-order valence-corrected chi connectivity index (χ4v) is 1.19. The normalized spacial score (nSPS) is 11.9. The third-order valence-corrected chi connectivity index (χ3v) is 2.01. The molecule has 1 aromatic rings. The van der Waals surface area contributed by atoms with Crippen molar-refractivity contribution in [1.29, 1.82) is 0 Å². The number of carbonyl (C=O) groups is 2. The second-order valence-electron chi connectivity index (χ2n) is 2.90. The van der Waals surface area contributed by atoms with Crippen LogP contribution in [0.5, 0.6) is 0 Å². The van der Waals surface area contributed by atoms with E-state index in [-0.39, 0.29) is 5.92 Å². The largest absolute Gasteiger partial charge is 0.320 e. The fourth-order valence-electron chi connectivity index (χ4n) is 1.10. The number of benzene rings is 1. The van der Waals surface area contributed by atoms with Gasteiger partial charge in [0.1, 0.15) is 0 Å². The molecule has 1 rings (SSSR count). The molecule has 74 valence electrons. The Morgan fingerprint density at radius 1 is 1.29 bits per heavy atom. The van der Waals surface area contributed by atoms with Crippen LogP contribution < -0.4 is 5.32 Å². The van der Waals surface area contributed by atoms with E-state index in [2.05, 4.69) is 0 Å². The first kappa shape index (κ1) is 10.7. The number of carbonyl (C=O) groups excluding carboxylic acids is 2. The van der Waals surface area contributed by atoms with Crippen LogP contribution in [0.1, 0.15) is 18.4 Å². The van der Waals surface area contributed by atoms with Crippen molar-refractivity contribution in [3.05, 3.63) is 35.9 Å². The minimum absolute atomic E-state index is 0.376. The maximum absolute atomic E-state index is 11.3. The van der Waals surface area contributed by atoms with E-state index in [0.717, 1.165) is 5.56 Å². The summed E-state index contributed by atoms with van der Waals surface area (Å²) in [6.45, 7) is 1.71. The number of hydrogen-bond acceptors (Lipinski definition) is 2. The monoisotopic (exact) mass is 211 g/mol. The number of halogens is 1. The average molecular weight is 212 g/mol. The highest BCUT2D eigenvalue weighted by Crippen LogP contribution is 2.14. The molecule has 1 atom stereocenters. The zero-order chi connectivity index (χ0) is 10.6. The lowest BCUT2D eigenvalue weighted by Crippen LogP contribution is -2.29. The van der Waals surface area contributed by atoms with Gasteiger partial charge < -0.3 is 0 Å². The number of nitrogens with one attached hydrogen (secondary N) is 1. The summed E-state index contributed by atoms with van der Waals surface area (Å²) in [6.07, 6.45) is 0. The van der Waals surface area contributed by atoms with Crippen LogP contribution in [0.15, 0.2) is 30.3 Å². The first-order valence-corrected chi connectivity index (χ1v) is 4.54. The van der Waals surface area contributed by atoms with Crippen LogP contribution in [-0.4, -0.2) is 11.3 Å². The molecule has 0 aliphatic carbocycles. The van der Waals surface area contributed by atoms with Crippen LogP contribution in [0.2, 0.25) is 0 Å². The maximum Gasteiger partial charge on any atom is 0.320 e. The van der Waals surface area contributed by atoms with Gasteiger partial charge in [-0.25, -0.2) is 0 Å². The molecule has 0 aromatic heterocycles. The molecule has 1 aromatic carbocycles. The summed E-state index contributed by atoms with van der Waals surface area (Å²) in [6, 6.07) is 9.18. The number of hydrogen-bond donors (Lipinski definition) is 1. The van der Waals surface area contributed by atoms with E-state index < -0.39 is 11.3 Å². The van der Waals surface area contributed by atoms with Gasteiger partial charge in [-0.05, 0) is 24.1 Å². The van der Waals surface area contributed by atoms with Crippen LogP contribution in [-0.2, 0) is 4.79 Å². The van der Waals surface area contributed by atoms with Crippen molar-refractivity contribution in [3.63, 3.8) is 0 Å². The van der Waals surface area contributed by atoms with Crippen LogP contribution in [0, 0.1) is 0 Å². The SMILES string of the molecule is CC(C(=O)NC(=O)Cl)c1ccccc1. The Morgan fingerprint density at radius 2 is 1.86 bits per heavy atom. The fraction of sp³-hybridized carbons (Fsp3) is 0.200. The third kappa shape index (κ3) is 2.85. The van der Waals surface area contributed by atoms with E-state index in [1.807, 2.05) is 35.6 Å². The highest BCUT2D eigenvalue weighted by Gasteiger charge is 2.15. The molecule has 4 heteroatoms. The summed E-state index contributed by atoms with van der Waals surface area (Å²) < 4.78 is 0. The molecular weight excluding hydrogens is 202 g/mol. The van der Waals surface area contributed by atoms with E-state index in [4.69, 9.17) is 11.6 Å². The molecule has 0 fully saturated rings. The summed E-state index contributed by atoms with van der Waals surface area (Å²) >= 11 is 5.03. The zero-order valence-electron chi connectivity index (χ0n) is 7.66. The summed E-state index contributed by atoms with van der Waals surface area (Å²) in [4.78, 5) is 21.8. The molecule has 0 aliphatic rings. The quantitative estimate of drug-likeness (QED) is 0.603. The summed E-state index contributed by atoms with van der Waals surface area (Å²) in [5.74, 6) is -0.768. The number of rotatable bonds is 2. The van der Waals surface area contributed by atoms with Gasteiger partial charge in [0.2, 0.25) is 5.91 Å². The molecule has 1 N–H and O–H groups in total. The molecular formula is C10H10ClNO2. The summed E-state index contributed by atoms with van der Waals surface area (Å²) in [5.41, 5.74) is 0.850. The van der Waals surface area contributed by atoms with E-state index in [9.17, 15) is 9.59 Å². The highest BCUT2D eigenvalue weighted by molar-refractivity contribution is 6.64. The van der Waals surface area contributed by atoms with Crippen molar-refractivity contribution in [2.24, 2.45) is 0 Å². The van der Waals surface area contributed by atoms with Crippen molar-refractivity contribution in [1.82, 2.24) is 5.32 Å². The zero-order valence-corrected chi connectivity index (χ0v) is 8.41. The third-order valence-electron chi connectivity index (χ3n) is 1.91. The maximum atomic E-state index is 11.3. The van der Waals surface area contributed by atoms with Crippen LogP contribution in [0.3, 0.4) is 0 Å². The van der Waals surface area contributed by atoms with Crippen molar-refractivity contribution < 1.29 is 9.59 Å². The molecule has 0 bridgehead atoms. The Balaban J connectivity index is 2.71. The smallest absolute Gasteiger partial charge is 0.282 e. The van der Waals surface area contributed by atoms with Gasteiger partial charge in [-0.3, -0.25) is 14.9 Å². The predicted octanol–water partition coefficient (Wildman–Crippen LogP) is 2.27. The van der Waals surface area contributed by atoms with Gasteiger partial charge in [-0.15, -0.1) is 0 Å². The van der Waals surface area contributed by atoms with Crippen molar-refractivity contribution >= 4 is 22.9 Å². The van der Waals surface area contributed by atoms with Gasteiger partial charge in [0.05, 0.1) is 5.92 Å². The molecule has 0 saturated heterocycles. The standard InChI is InChI=1S/C10H10ClNO2/c1-7(9(13)12-10(11)14)8-5-3-2-4-6-8/h2-7H,1H3,(H,12,13,14). The Morgan fingerprint density at radius 3 is 2.36 bits per heavy atom. The molecule has 14 heavy (non-hydrogen) atoms. The van der Waals surface area contributed by atoms with E-state index in [0.29, 0.717) is 0 Å². The van der Waals surface area contributed by atoms with Gasteiger partial charge in [0.25, 0.3) is 0 Å². The molecule has 3 nitrogen and oxygen atoms in total. The average Bonchev–Trinajstić information content (AvgIpc) is 2.17. The summed E-state index contributed by atoms with van der Waals surface area (Å²) in [7, 11) is 0. The number of amides is 2. The van der Waals surface area contributed by atoms with E-state index in [1.54, 1.807) is 6.92 Å². The topological polar surface area (TPSA) is 46.2 Å². The van der Waals surface area contributed by atoms with E-state index in [1.165, 1.54) is 0 Å². The first-order valence-electron chi connectivity index (χ1n) is 4.16. The van der Waals surface area contributed by atoms with Gasteiger partial charge in [0, 0.05) is 0 Å². The lowest BCUT2D eigenvalue weighted by molar-refractivity contribution is -0.120. The van der Waals surface area contributed by atoms with Gasteiger partial charge in [-0.2, -0.15) is 0 Å². The van der Waals surface area contributed by atoms with Crippen LogP contribution in [0.4, 0.5) is 4.79 Å². The molecule has 0 saturated carbocycles. The first-order chi connectivity index (χ1) is 6.61. The summed E-state index contributed by atoms with van der Waals surface area (Å²) in [5, 5.41) is 1.18. The van der Waals surface area contributed by atoms with Gasteiger partial charge in [-0.1, -0.05) is 30.3 Å². The van der Waals surface area contributed by atoms with Crippen molar-refractivity contribution in [2.75, 3.05) is 0 Å².